The number of alkyl halides is 9. The van der Waals surface area contributed by atoms with Crippen LogP contribution in [0.15, 0.2) is 60.8 Å². The summed E-state index contributed by atoms with van der Waals surface area (Å²) in [6.45, 7) is 0.234. The van der Waals surface area contributed by atoms with Crippen molar-refractivity contribution in [2.75, 3.05) is 13.3 Å². The van der Waals surface area contributed by atoms with Gasteiger partial charge >= 0.3 is 30.5 Å². The summed E-state index contributed by atoms with van der Waals surface area (Å²) in [6.07, 6.45) is -13.0. The highest BCUT2D eigenvalue weighted by Crippen LogP contribution is 2.37. The summed E-state index contributed by atoms with van der Waals surface area (Å²) in [4.78, 5) is 25.3. The zero-order valence-electron chi connectivity index (χ0n) is 21.4. The largest absolute Gasteiger partial charge is 0.490 e. The maximum atomic E-state index is 13.6. The normalized spacial score (nSPS) is 13.4. The lowest BCUT2D eigenvalue weighted by Crippen LogP contribution is -2.40. The molecule has 1 aliphatic rings. The van der Waals surface area contributed by atoms with Crippen LogP contribution in [0, 0.1) is 0 Å². The van der Waals surface area contributed by atoms with Crippen LogP contribution in [0.4, 0.5) is 44.3 Å². The van der Waals surface area contributed by atoms with Crippen molar-refractivity contribution in [1.82, 2.24) is 15.6 Å². The Balaban J connectivity index is 0.000000646. The molecule has 3 N–H and O–H groups in total. The molecule has 17 heteroatoms. The maximum Gasteiger partial charge on any atom is 0.490 e. The minimum Gasteiger partial charge on any atom is -0.475 e. The third-order valence-electron chi connectivity index (χ3n) is 5.64. The molecule has 1 aromatic heterocycles. The van der Waals surface area contributed by atoms with Crippen molar-refractivity contribution >= 4 is 12.0 Å². The Morgan fingerprint density at radius 2 is 1.51 bits per heavy atom. The lowest BCUT2D eigenvalue weighted by Gasteiger charge is -2.23. The molecular weight excluding hydrogens is 605 g/mol. The zero-order chi connectivity index (χ0) is 32.0. The van der Waals surface area contributed by atoms with E-state index in [-0.39, 0.29) is 18.9 Å². The second kappa shape index (κ2) is 13.1. The number of nitrogens with zero attached hydrogens (tertiary/aromatic N) is 1. The third kappa shape index (κ3) is 9.14. The van der Waals surface area contributed by atoms with Gasteiger partial charge in [0.25, 0.3) is 0 Å². The number of carboxylic acids is 1. The molecule has 2 heterocycles. The van der Waals surface area contributed by atoms with E-state index in [4.69, 9.17) is 19.4 Å². The molecule has 1 atom stereocenters. The highest BCUT2D eigenvalue weighted by molar-refractivity contribution is 5.75. The summed E-state index contributed by atoms with van der Waals surface area (Å²) in [7, 11) is 0. The number of carbonyl (C=O) groups is 2. The van der Waals surface area contributed by atoms with Crippen molar-refractivity contribution in [1.29, 1.82) is 0 Å². The molecule has 2 amide bonds. The van der Waals surface area contributed by atoms with Crippen LogP contribution in [0.3, 0.4) is 0 Å². The monoisotopic (exact) mass is 625 g/mol. The van der Waals surface area contributed by atoms with Crippen LogP contribution in [0.2, 0.25) is 0 Å². The van der Waals surface area contributed by atoms with Gasteiger partial charge in [-0.2, -0.15) is 39.5 Å². The summed E-state index contributed by atoms with van der Waals surface area (Å²) in [5.41, 5.74) is -1.82. The predicted octanol–water partition coefficient (Wildman–Crippen LogP) is 6.11. The minimum atomic E-state index is -5.08. The van der Waals surface area contributed by atoms with Crippen molar-refractivity contribution < 1.29 is 63.7 Å². The molecule has 0 fully saturated rings. The molecule has 8 nitrogen and oxygen atoms in total. The Hall–Kier alpha value is -4.70. The van der Waals surface area contributed by atoms with Crippen LogP contribution in [0.5, 0.6) is 11.5 Å². The summed E-state index contributed by atoms with van der Waals surface area (Å²) in [5, 5.41) is 12.1. The van der Waals surface area contributed by atoms with Gasteiger partial charge in [0.15, 0.2) is 11.5 Å². The Bertz CT molecular complexity index is 1430. The molecule has 0 unspecified atom stereocenters. The highest BCUT2D eigenvalue weighted by Gasteiger charge is 2.39. The highest BCUT2D eigenvalue weighted by atomic mass is 19.4. The number of halogens is 9. The molecule has 2 aromatic carbocycles. The average molecular weight is 625 g/mol. The standard InChI is InChI=1S/C24H19F6N3O3.C2HF3O2/c25-23(26,27)16-6-4-15(5-7-16)20(21-17(24(28,29)30)2-1-10-31-21)33-22(34)32-11-9-14-3-8-18-19(12-14)36-13-35-18;3-2(4,5)1(6)7/h1-8,10,12,20H,9,11,13H2,(H2,32,33,34);(H,6,7)/t20-;/m0./s1. The van der Waals surface area contributed by atoms with E-state index in [0.29, 0.717) is 17.9 Å². The van der Waals surface area contributed by atoms with Gasteiger partial charge in [-0.1, -0.05) is 18.2 Å². The molecular formula is C26H20F9N3O5. The van der Waals surface area contributed by atoms with Gasteiger partial charge in [-0.05, 0) is 53.9 Å². The first-order valence-corrected chi connectivity index (χ1v) is 11.9. The number of carbonyl (C=O) groups excluding carboxylic acids is 1. The minimum absolute atomic E-state index is 0.00174. The number of rotatable bonds is 6. The summed E-state index contributed by atoms with van der Waals surface area (Å²) in [6, 6.07) is 8.33. The van der Waals surface area contributed by atoms with Gasteiger partial charge in [-0.3, -0.25) is 4.98 Å². The van der Waals surface area contributed by atoms with E-state index in [1.807, 2.05) is 0 Å². The van der Waals surface area contributed by atoms with E-state index in [9.17, 15) is 44.3 Å². The fraction of sp³-hybridized carbons (Fsp3) is 0.269. The molecule has 0 saturated carbocycles. The lowest BCUT2D eigenvalue weighted by atomic mass is 9.98. The predicted molar refractivity (Wildman–Crippen MR) is 129 cm³/mol. The fourth-order valence-corrected chi connectivity index (χ4v) is 3.66. The molecule has 0 saturated heterocycles. The molecule has 1 aliphatic heterocycles. The summed E-state index contributed by atoms with van der Waals surface area (Å²) >= 11 is 0. The molecule has 3 aromatic rings. The first kappa shape index (κ1) is 32.8. The van der Waals surface area contributed by atoms with Gasteiger partial charge in [0.2, 0.25) is 6.79 Å². The molecule has 232 valence electrons. The fourth-order valence-electron chi connectivity index (χ4n) is 3.66. The molecule has 4 rings (SSSR count). The molecule has 0 aliphatic carbocycles. The van der Waals surface area contributed by atoms with Crippen LogP contribution in [0.25, 0.3) is 0 Å². The summed E-state index contributed by atoms with van der Waals surface area (Å²) in [5.74, 6) is -1.60. The van der Waals surface area contributed by atoms with Gasteiger partial charge in [0.05, 0.1) is 22.9 Å². The van der Waals surface area contributed by atoms with Crippen molar-refractivity contribution in [2.45, 2.75) is 31.0 Å². The lowest BCUT2D eigenvalue weighted by molar-refractivity contribution is -0.192. The van der Waals surface area contributed by atoms with Gasteiger partial charge in [0.1, 0.15) is 0 Å². The van der Waals surface area contributed by atoms with E-state index in [1.54, 1.807) is 18.2 Å². The van der Waals surface area contributed by atoms with Gasteiger partial charge in [-0.15, -0.1) is 0 Å². The van der Waals surface area contributed by atoms with Gasteiger partial charge < -0.3 is 25.2 Å². The Labute approximate surface area is 236 Å². The Morgan fingerprint density at radius 3 is 2.09 bits per heavy atom. The van der Waals surface area contributed by atoms with E-state index < -0.39 is 53.4 Å². The third-order valence-corrected chi connectivity index (χ3v) is 5.64. The van der Waals surface area contributed by atoms with E-state index >= 15 is 0 Å². The number of benzene rings is 2. The second-order valence-electron chi connectivity index (χ2n) is 8.63. The zero-order valence-corrected chi connectivity index (χ0v) is 21.4. The number of aliphatic carboxylic acids is 1. The van der Waals surface area contributed by atoms with Crippen molar-refractivity contribution in [3.05, 3.63) is 88.7 Å². The Kier molecular flexibility index (Phi) is 9.98. The number of fused-ring (bicyclic) bond motifs is 1. The smallest absolute Gasteiger partial charge is 0.475 e. The van der Waals surface area contributed by atoms with Crippen LogP contribution in [0.1, 0.15) is 34.0 Å². The maximum absolute atomic E-state index is 13.6. The van der Waals surface area contributed by atoms with Crippen molar-refractivity contribution in [3.8, 4) is 11.5 Å². The number of aromatic nitrogens is 1. The van der Waals surface area contributed by atoms with E-state index in [1.165, 1.54) is 0 Å². The number of hydrogen-bond acceptors (Lipinski definition) is 5. The number of pyridine rings is 1. The second-order valence-corrected chi connectivity index (χ2v) is 8.63. The number of amides is 2. The molecule has 0 bridgehead atoms. The number of carboxylic acid groups (broad SMARTS) is 1. The molecule has 0 radical (unpaired) electrons. The first-order chi connectivity index (χ1) is 20.0. The molecule has 0 spiro atoms. The quantitative estimate of drug-likeness (QED) is 0.285. The van der Waals surface area contributed by atoms with Crippen molar-refractivity contribution in [2.24, 2.45) is 0 Å². The van der Waals surface area contributed by atoms with Crippen LogP contribution in [-0.2, 0) is 23.6 Å². The number of urea groups is 1. The van der Waals surface area contributed by atoms with Gasteiger partial charge in [-0.25, -0.2) is 9.59 Å². The topological polar surface area (TPSA) is 110 Å². The SMILES string of the molecule is O=C(NCCc1ccc2c(c1)OCO2)N[C@@H](c1ccc(C(F)(F)F)cc1)c1ncccc1C(F)(F)F.O=C(O)C(F)(F)F. The van der Waals surface area contributed by atoms with Crippen molar-refractivity contribution in [3.63, 3.8) is 0 Å². The number of ether oxygens (including phenoxy) is 2. The first-order valence-electron chi connectivity index (χ1n) is 11.9. The van der Waals surface area contributed by atoms with Gasteiger partial charge in [0, 0.05) is 12.7 Å². The average Bonchev–Trinajstić information content (AvgIpc) is 3.39. The number of nitrogens with one attached hydrogen (secondary N) is 2. The van der Waals surface area contributed by atoms with Crippen LogP contribution < -0.4 is 20.1 Å². The number of hydrogen-bond donors (Lipinski definition) is 3. The van der Waals surface area contributed by atoms with E-state index in [0.717, 1.165) is 48.2 Å². The molecule has 43 heavy (non-hydrogen) atoms. The van der Waals surface area contributed by atoms with E-state index in [2.05, 4.69) is 15.6 Å². The van der Waals surface area contributed by atoms with Crippen LogP contribution in [-0.4, -0.2) is 41.6 Å². The van der Waals surface area contributed by atoms with Crippen LogP contribution >= 0.6 is 0 Å². The summed E-state index contributed by atoms with van der Waals surface area (Å²) < 4.78 is 122. The Morgan fingerprint density at radius 1 is 0.884 bits per heavy atom.